The molecule has 0 spiro atoms. The molecule has 4 heteroatoms. The van der Waals surface area contributed by atoms with E-state index in [4.69, 9.17) is 0 Å². The molecule has 1 aromatic heterocycles. The normalized spacial score (nSPS) is 15.0. The number of amides is 1. The van der Waals surface area contributed by atoms with Crippen molar-refractivity contribution in [3.05, 3.63) is 89.7 Å². The molecule has 0 aliphatic carbocycles. The maximum atomic E-state index is 13.0. The Morgan fingerprint density at radius 1 is 0.893 bits per heavy atom. The third-order valence-electron chi connectivity index (χ3n) is 5.56. The Morgan fingerprint density at radius 2 is 1.61 bits per heavy atom. The monoisotopic (exact) mass is 373 g/mol. The van der Waals surface area contributed by atoms with Gasteiger partial charge in [-0.25, -0.2) is 0 Å². The number of carbonyl (C=O) groups is 1. The standard InChI is InChI=1S/C24H27N3O/c1-20-9-10-22(19-23(20)26-12-5-6-13-26)24(28)27-17-15-25(16-18-27)14-11-21-7-3-2-4-8-21/h2-10,12-13,19H,11,14-18H2,1H3. The van der Waals surface area contributed by atoms with Crippen molar-refractivity contribution in [2.24, 2.45) is 0 Å². The minimum atomic E-state index is 0.135. The molecular formula is C24H27N3O. The number of hydrogen-bond donors (Lipinski definition) is 0. The summed E-state index contributed by atoms with van der Waals surface area (Å²) in [4.78, 5) is 17.5. The second-order valence-corrected chi connectivity index (χ2v) is 7.46. The minimum absolute atomic E-state index is 0.135. The largest absolute Gasteiger partial charge is 0.336 e. The molecule has 3 aromatic rings. The van der Waals surface area contributed by atoms with E-state index in [9.17, 15) is 4.79 Å². The molecule has 2 aromatic carbocycles. The highest BCUT2D eigenvalue weighted by molar-refractivity contribution is 5.95. The molecule has 1 saturated heterocycles. The fourth-order valence-electron chi connectivity index (χ4n) is 3.80. The second-order valence-electron chi connectivity index (χ2n) is 7.46. The summed E-state index contributed by atoms with van der Waals surface area (Å²) in [5.74, 6) is 0.135. The molecule has 0 unspecified atom stereocenters. The van der Waals surface area contributed by atoms with Crippen molar-refractivity contribution in [1.29, 1.82) is 0 Å². The summed E-state index contributed by atoms with van der Waals surface area (Å²) in [6, 6.07) is 20.6. The first-order chi connectivity index (χ1) is 13.7. The van der Waals surface area contributed by atoms with E-state index >= 15 is 0 Å². The van der Waals surface area contributed by atoms with Crippen LogP contribution in [0.1, 0.15) is 21.5 Å². The Kier molecular flexibility index (Phi) is 5.58. The number of carbonyl (C=O) groups excluding carboxylic acids is 1. The van der Waals surface area contributed by atoms with Gasteiger partial charge >= 0.3 is 0 Å². The van der Waals surface area contributed by atoms with Crippen LogP contribution in [-0.2, 0) is 6.42 Å². The van der Waals surface area contributed by atoms with E-state index in [1.165, 1.54) is 11.1 Å². The lowest BCUT2D eigenvalue weighted by atomic mass is 10.1. The fourth-order valence-corrected chi connectivity index (χ4v) is 3.80. The molecule has 0 N–H and O–H groups in total. The zero-order valence-electron chi connectivity index (χ0n) is 16.4. The van der Waals surface area contributed by atoms with Crippen LogP contribution in [0.4, 0.5) is 0 Å². The Bertz CT molecular complexity index is 910. The number of aryl methyl sites for hydroxylation is 1. The molecule has 144 valence electrons. The quantitative estimate of drug-likeness (QED) is 0.681. The molecule has 0 saturated carbocycles. The van der Waals surface area contributed by atoms with Crippen LogP contribution in [0.5, 0.6) is 0 Å². The number of nitrogens with zero attached hydrogens (tertiary/aromatic N) is 3. The van der Waals surface area contributed by atoms with E-state index in [-0.39, 0.29) is 5.91 Å². The Morgan fingerprint density at radius 3 is 2.32 bits per heavy atom. The molecule has 0 radical (unpaired) electrons. The SMILES string of the molecule is Cc1ccc(C(=O)N2CCN(CCc3ccccc3)CC2)cc1-n1cccc1. The van der Waals surface area contributed by atoms with Crippen LogP contribution in [0.2, 0.25) is 0 Å². The molecular weight excluding hydrogens is 346 g/mol. The van der Waals surface area contributed by atoms with Crippen molar-refractivity contribution in [2.45, 2.75) is 13.3 Å². The van der Waals surface area contributed by atoms with Gasteiger partial charge in [-0.15, -0.1) is 0 Å². The molecule has 4 rings (SSSR count). The van der Waals surface area contributed by atoms with E-state index in [1.54, 1.807) is 0 Å². The van der Waals surface area contributed by atoms with Crippen LogP contribution in [0.25, 0.3) is 5.69 Å². The summed E-state index contributed by atoms with van der Waals surface area (Å²) < 4.78 is 2.06. The molecule has 2 heterocycles. The summed E-state index contributed by atoms with van der Waals surface area (Å²) in [5, 5.41) is 0. The van der Waals surface area contributed by atoms with Gasteiger partial charge in [-0.1, -0.05) is 36.4 Å². The summed E-state index contributed by atoms with van der Waals surface area (Å²) in [7, 11) is 0. The number of benzene rings is 2. The van der Waals surface area contributed by atoms with Crippen LogP contribution in [0.15, 0.2) is 73.1 Å². The average Bonchev–Trinajstić information content (AvgIpc) is 3.28. The van der Waals surface area contributed by atoms with Crippen molar-refractivity contribution in [3.63, 3.8) is 0 Å². The van der Waals surface area contributed by atoms with E-state index in [1.807, 2.05) is 47.6 Å². The van der Waals surface area contributed by atoms with Crippen molar-refractivity contribution in [3.8, 4) is 5.69 Å². The third-order valence-corrected chi connectivity index (χ3v) is 5.56. The zero-order valence-corrected chi connectivity index (χ0v) is 16.4. The molecule has 0 atom stereocenters. The molecule has 1 fully saturated rings. The Balaban J connectivity index is 1.36. The fraction of sp³-hybridized carbons (Fsp3) is 0.292. The summed E-state index contributed by atoms with van der Waals surface area (Å²) in [6.45, 7) is 6.59. The maximum absolute atomic E-state index is 13.0. The van der Waals surface area contributed by atoms with E-state index in [0.717, 1.165) is 50.4 Å². The molecule has 1 aliphatic rings. The predicted molar refractivity (Wildman–Crippen MR) is 113 cm³/mol. The van der Waals surface area contributed by atoms with Gasteiger partial charge in [0.15, 0.2) is 0 Å². The first-order valence-electron chi connectivity index (χ1n) is 10.0. The van der Waals surface area contributed by atoms with Gasteiger partial charge in [0.1, 0.15) is 0 Å². The smallest absolute Gasteiger partial charge is 0.254 e. The number of hydrogen-bond acceptors (Lipinski definition) is 2. The van der Waals surface area contributed by atoms with Crippen molar-refractivity contribution >= 4 is 5.91 Å². The van der Waals surface area contributed by atoms with Crippen LogP contribution >= 0.6 is 0 Å². The molecule has 1 aliphatic heterocycles. The van der Waals surface area contributed by atoms with Crippen molar-refractivity contribution in [2.75, 3.05) is 32.7 Å². The van der Waals surface area contributed by atoms with Crippen LogP contribution in [-0.4, -0.2) is 53.0 Å². The molecule has 28 heavy (non-hydrogen) atoms. The van der Waals surface area contributed by atoms with Crippen LogP contribution in [0, 0.1) is 6.92 Å². The van der Waals surface area contributed by atoms with Gasteiger partial charge in [0.2, 0.25) is 0 Å². The van der Waals surface area contributed by atoms with Gasteiger partial charge in [0, 0.05) is 56.4 Å². The van der Waals surface area contributed by atoms with Gasteiger partial charge in [0.05, 0.1) is 0 Å². The Labute approximate surface area is 167 Å². The molecule has 1 amide bonds. The first kappa shape index (κ1) is 18.5. The molecule has 4 nitrogen and oxygen atoms in total. The zero-order chi connectivity index (χ0) is 19.3. The van der Waals surface area contributed by atoms with Gasteiger partial charge in [-0.05, 0) is 48.7 Å². The van der Waals surface area contributed by atoms with Gasteiger partial charge in [-0.2, -0.15) is 0 Å². The predicted octanol–water partition coefficient (Wildman–Crippen LogP) is 3.79. The lowest BCUT2D eigenvalue weighted by Gasteiger charge is -2.35. The number of piperazine rings is 1. The van der Waals surface area contributed by atoms with E-state index in [2.05, 4.69) is 46.7 Å². The highest BCUT2D eigenvalue weighted by Crippen LogP contribution is 2.18. The van der Waals surface area contributed by atoms with Gasteiger partial charge in [-0.3, -0.25) is 9.69 Å². The first-order valence-corrected chi connectivity index (χ1v) is 10.0. The number of rotatable bonds is 5. The topological polar surface area (TPSA) is 28.5 Å². The molecule has 0 bridgehead atoms. The average molecular weight is 374 g/mol. The van der Waals surface area contributed by atoms with Gasteiger partial charge < -0.3 is 9.47 Å². The van der Waals surface area contributed by atoms with Crippen LogP contribution in [0.3, 0.4) is 0 Å². The third kappa shape index (κ3) is 4.18. The van der Waals surface area contributed by atoms with E-state index in [0.29, 0.717) is 0 Å². The highest BCUT2D eigenvalue weighted by Gasteiger charge is 2.22. The summed E-state index contributed by atoms with van der Waals surface area (Å²) >= 11 is 0. The highest BCUT2D eigenvalue weighted by atomic mass is 16.2. The second kappa shape index (κ2) is 8.44. The van der Waals surface area contributed by atoms with E-state index < -0.39 is 0 Å². The number of aromatic nitrogens is 1. The maximum Gasteiger partial charge on any atom is 0.254 e. The van der Waals surface area contributed by atoms with Gasteiger partial charge in [0.25, 0.3) is 5.91 Å². The lowest BCUT2D eigenvalue weighted by Crippen LogP contribution is -2.49. The summed E-state index contributed by atoms with van der Waals surface area (Å²) in [5.41, 5.74) is 4.38. The van der Waals surface area contributed by atoms with Crippen molar-refractivity contribution < 1.29 is 4.79 Å². The van der Waals surface area contributed by atoms with Crippen LogP contribution < -0.4 is 0 Å². The lowest BCUT2D eigenvalue weighted by molar-refractivity contribution is 0.0638. The summed E-state index contributed by atoms with van der Waals surface area (Å²) in [6.07, 6.45) is 5.09. The Hall–Kier alpha value is -2.85. The minimum Gasteiger partial charge on any atom is -0.336 e. The van der Waals surface area contributed by atoms with Crippen molar-refractivity contribution in [1.82, 2.24) is 14.4 Å².